The Morgan fingerprint density at radius 2 is 1.92 bits per heavy atom. The van der Waals surface area contributed by atoms with Crippen LogP contribution in [0.25, 0.3) is 0 Å². The molecule has 1 N–H and O–H groups in total. The summed E-state index contributed by atoms with van der Waals surface area (Å²) in [6.45, 7) is 2.18. The molecule has 1 saturated carbocycles. The maximum Gasteiger partial charge on any atom is 0.168 e. The standard InChI is InChI=1S/C18H33O6P/c1-20-8-4-2-3-6-18(21-9-10-22-18)7-5-13-14-11-17(19)23-15(14)12-16(13)24-25/h13-17,19H,2-12,25H2,1H3. The van der Waals surface area contributed by atoms with Gasteiger partial charge >= 0.3 is 0 Å². The van der Waals surface area contributed by atoms with E-state index in [-0.39, 0.29) is 12.2 Å². The van der Waals surface area contributed by atoms with Gasteiger partial charge in [0.1, 0.15) is 0 Å². The number of unbranched alkanes of at least 4 members (excludes halogenated alkanes) is 2. The lowest BCUT2D eigenvalue weighted by atomic mass is 9.86. The highest BCUT2D eigenvalue weighted by atomic mass is 31.0. The lowest BCUT2D eigenvalue weighted by molar-refractivity contribution is -0.171. The van der Waals surface area contributed by atoms with Crippen LogP contribution in [0.2, 0.25) is 0 Å². The van der Waals surface area contributed by atoms with Crippen LogP contribution in [0.5, 0.6) is 0 Å². The number of hydrogen-bond donors (Lipinski definition) is 1. The minimum atomic E-state index is -0.614. The smallest absolute Gasteiger partial charge is 0.168 e. The molecule has 3 fully saturated rings. The van der Waals surface area contributed by atoms with Crippen molar-refractivity contribution in [2.75, 3.05) is 26.9 Å². The van der Waals surface area contributed by atoms with E-state index >= 15 is 0 Å². The highest BCUT2D eigenvalue weighted by molar-refractivity contribution is 7.09. The molecule has 0 radical (unpaired) electrons. The average molecular weight is 376 g/mol. The van der Waals surface area contributed by atoms with E-state index in [1.165, 1.54) is 0 Å². The highest BCUT2D eigenvalue weighted by Gasteiger charge is 2.50. The van der Waals surface area contributed by atoms with E-state index < -0.39 is 12.1 Å². The summed E-state index contributed by atoms with van der Waals surface area (Å²) in [6.07, 6.45) is 7.36. The predicted octanol–water partition coefficient (Wildman–Crippen LogP) is 2.64. The SMILES string of the molecule is COCCCCCC1(CCC2C(OP)CC3OC(O)CC32)OCCO1. The van der Waals surface area contributed by atoms with Crippen LogP contribution in [0.3, 0.4) is 0 Å². The molecule has 6 nitrogen and oxygen atoms in total. The molecule has 25 heavy (non-hydrogen) atoms. The van der Waals surface area contributed by atoms with Gasteiger partial charge in [-0.1, -0.05) is 6.42 Å². The van der Waals surface area contributed by atoms with E-state index in [0.29, 0.717) is 31.5 Å². The molecule has 1 aliphatic carbocycles. The van der Waals surface area contributed by atoms with E-state index in [1.807, 2.05) is 0 Å². The minimum absolute atomic E-state index is 0.126. The summed E-state index contributed by atoms with van der Waals surface area (Å²) in [5.74, 6) is 0.327. The third-order valence-electron chi connectivity index (χ3n) is 6.03. The second-order valence-corrected chi connectivity index (χ2v) is 7.82. The Morgan fingerprint density at radius 1 is 1.12 bits per heavy atom. The van der Waals surface area contributed by atoms with Gasteiger partial charge in [-0.25, -0.2) is 0 Å². The van der Waals surface area contributed by atoms with Crippen molar-refractivity contribution in [3.63, 3.8) is 0 Å². The molecule has 6 atom stereocenters. The molecule has 3 aliphatic rings. The summed E-state index contributed by atoms with van der Waals surface area (Å²) in [5.41, 5.74) is 0. The first kappa shape index (κ1) is 19.9. The van der Waals surface area contributed by atoms with E-state index in [1.54, 1.807) is 7.11 Å². The minimum Gasteiger partial charge on any atom is -0.385 e. The highest BCUT2D eigenvalue weighted by Crippen LogP contribution is 2.47. The molecule has 7 heteroatoms. The molecule has 0 bridgehead atoms. The van der Waals surface area contributed by atoms with Gasteiger partial charge in [-0.3, -0.25) is 0 Å². The molecular weight excluding hydrogens is 343 g/mol. The lowest BCUT2D eigenvalue weighted by Crippen LogP contribution is -2.33. The zero-order valence-corrected chi connectivity index (χ0v) is 16.4. The number of rotatable bonds is 10. The summed E-state index contributed by atoms with van der Waals surface area (Å²) >= 11 is 0. The number of methoxy groups -OCH3 is 1. The summed E-state index contributed by atoms with van der Waals surface area (Å²) in [7, 11) is 4.15. The molecule has 2 saturated heterocycles. The van der Waals surface area contributed by atoms with Gasteiger partial charge < -0.3 is 28.6 Å². The molecule has 6 unspecified atom stereocenters. The lowest BCUT2D eigenvalue weighted by Gasteiger charge is -2.31. The van der Waals surface area contributed by atoms with E-state index in [4.69, 9.17) is 23.5 Å². The van der Waals surface area contributed by atoms with Crippen molar-refractivity contribution in [2.45, 2.75) is 75.7 Å². The molecule has 2 heterocycles. The number of aliphatic hydroxyl groups excluding tert-OH is 1. The zero-order valence-electron chi connectivity index (χ0n) is 15.2. The number of hydrogen-bond acceptors (Lipinski definition) is 6. The fraction of sp³-hybridized carbons (Fsp3) is 1.00. The molecule has 0 aromatic rings. The Balaban J connectivity index is 1.51. The van der Waals surface area contributed by atoms with Gasteiger partial charge in [-0.05, 0) is 31.1 Å². The molecule has 146 valence electrons. The molecular formula is C18H33O6P. The van der Waals surface area contributed by atoms with Crippen LogP contribution in [-0.4, -0.2) is 56.3 Å². The van der Waals surface area contributed by atoms with Gasteiger partial charge in [-0.2, -0.15) is 0 Å². The van der Waals surface area contributed by atoms with Crippen LogP contribution in [0.4, 0.5) is 0 Å². The Kier molecular flexibility index (Phi) is 7.50. The maximum atomic E-state index is 9.80. The first-order chi connectivity index (χ1) is 12.2. The van der Waals surface area contributed by atoms with E-state index in [0.717, 1.165) is 51.6 Å². The van der Waals surface area contributed by atoms with Crippen LogP contribution in [0.1, 0.15) is 51.4 Å². The van der Waals surface area contributed by atoms with Gasteiger partial charge in [0.2, 0.25) is 0 Å². The molecule has 2 aliphatic heterocycles. The monoisotopic (exact) mass is 376 g/mol. The Bertz CT molecular complexity index is 403. The first-order valence-corrected chi connectivity index (χ1v) is 10.1. The third kappa shape index (κ3) is 4.92. The average Bonchev–Trinajstić information content (AvgIpc) is 3.28. The van der Waals surface area contributed by atoms with Crippen LogP contribution >= 0.6 is 9.47 Å². The van der Waals surface area contributed by atoms with Crippen LogP contribution in [-0.2, 0) is 23.5 Å². The second kappa shape index (κ2) is 9.41. The number of fused-ring (bicyclic) bond motifs is 1. The fourth-order valence-electron chi connectivity index (χ4n) is 4.77. The molecule has 0 amide bonds. The van der Waals surface area contributed by atoms with Crippen molar-refractivity contribution >= 4 is 9.47 Å². The van der Waals surface area contributed by atoms with Crippen molar-refractivity contribution in [3.05, 3.63) is 0 Å². The summed E-state index contributed by atoms with van der Waals surface area (Å²) in [5, 5.41) is 9.80. The maximum absolute atomic E-state index is 9.80. The van der Waals surface area contributed by atoms with E-state index in [2.05, 4.69) is 9.47 Å². The molecule has 0 aromatic carbocycles. The normalized spacial score (nSPS) is 36.8. The Labute approximate surface area is 153 Å². The van der Waals surface area contributed by atoms with Crippen LogP contribution in [0.15, 0.2) is 0 Å². The van der Waals surface area contributed by atoms with Crippen molar-refractivity contribution in [1.82, 2.24) is 0 Å². The van der Waals surface area contributed by atoms with Gasteiger partial charge in [0, 0.05) is 48.9 Å². The van der Waals surface area contributed by atoms with Crippen molar-refractivity contribution in [2.24, 2.45) is 11.8 Å². The van der Waals surface area contributed by atoms with Gasteiger partial charge in [0.25, 0.3) is 0 Å². The van der Waals surface area contributed by atoms with Crippen molar-refractivity contribution < 1.29 is 28.6 Å². The predicted molar refractivity (Wildman–Crippen MR) is 95.9 cm³/mol. The van der Waals surface area contributed by atoms with Crippen molar-refractivity contribution in [3.8, 4) is 0 Å². The number of ether oxygens (including phenoxy) is 4. The Morgan fingerprint density at radius 3 is 2.64 bits per heavy atom. The molecule has 0 spiro atoms. The van der Waals surface area contributed by atoms with Crippen LogP contribution in [0, 0.1) is 11.8 Å². The van der Waals surface area contributed by atoms with Gasteiger partial charge in [-0.15, -0.1) is 0 Å². The zero-order chi connectivity index (χ0) is 17.7. The van der Waals surface area contributed by atoms with Crippen LogP contribution < -0.4 is 0 Å². The second-order valence-electron chi connectivity index (χ2n) is 7.55. The molecule has 3 rings (SSSR count). The van der Waals surface area contributed by atoms with E-state index in [9.17, 15) is 5.11 Å². The Hall–Kier alpha value is 0.190. The van der Waals surface area contributed by atoms with Gasteiger partial charge in [0.05, 0.1) is 25.4 Å². The summed E-state index contributed by atoms with van der Waals surface area (Å²) in [4.78, 5) is 0. The quantitative estimate of drug-likeness (QED) is 0.467. The fourth-order valence-corrected chi connectivity index (χ4v) is 5.09. The summed E-state index contributed by atoms with van der Waals surface area (Å²) in [6, 6.07) is 0. The summed E-state index contributed by atoms with van der Waals surface area (Å²) < 4.78 is 28.4. The topological polar surface area (TPSA) is 66.4 Å². The largest absolute Gasteiger partial charge is 0.385 e. The molecule has 0 aromatic heterocycles. The number of aliphatic hydroxyl groups is 1. The van der Waals surface area contributed by atoms with Crippen molar-refractivity contribution in [1.29, 1.82) is 0 Å². The first-order valence-electron chi connectivity index (χ1n) is 9.63. The third-order valence-corrected chi connectivity index (χ3v) is 6.38. The van der Waals surface area contributed by atoms with Gasteiger partial charge in [0.15, 0.2) is 12.1 Å².